The molecule has 18 heavy (non-hydrogen) atoms. The van der Waals surface area contributed by atoms with E-state index in [0.717, 1.165) is 11.8 Å². The average molecular weight is 255 g/mol. The van der Waals surface area contributed by atoms with Gasteiger partial charge in [0.1, 0.15) is 0 Å². The van der Waals surface area contributed by atoms with Gasteiger partial charge in [0.2, 0.25) is 0 Å². The molecule has 0 amide bonds. The molecular weight excluding hydrogens is 216 g/mol. The molecule has 0 radical (unpaired) electrons. The summed E-state index contributed by atoms with van der Waals surface area (Å²) in [5, 5.41) is 0. The first-order valence-corrected chi connectivity index (χ1v) is 8.72. The van der Waals surface area contributed by atoms with E-state index in [1.165, 1.54) is 77.0 Å². The molecule has 0 N–H and O–H groups in total. The van der Waals surface area contributed by atoms with E-state index in [1.807, 2.05) is 0 Å². The predicted molar refractivity (Wildman–Crippen MR) is 85.1 cm³/mol. The third-order valence-corrected chi connectivity index (χ3v) is 4.50. The Kier molecular flexibility index (Phi) is 13.4. The van der Waals surface area contributed by atoms with Crippen LogP contribution in [0.15, 0.2) is 0 Å². The van der Waals surface area contributed by atoms with Crippen molar-refractivity contribution in [2.75, 3.05) is 0 Å². The SMILES string of the molecule is CCCCCCCC(C)C(C)CCCCCCC. The second-order valence-electron chi connectivity index (χ2n) is 6.36. The van der Waals surface area contributed by atoms with E-state index in [4.69, 9.17) is 0 Å². The Balaban J connectivity index is 3.36. The molecule has 0 aromatic heterocycles. The van der Waals surface area contributed by atoms with Crippen LogP contribution >= 0.6 is 0 Å². The van der Waals surface area contributed by atoms with Crippen molar-refractivity contribution in [3.8, 4) is 0 Å². The molecule has 0 saturated heterocycles. The first-order valence-electron chi connectivity index (χ1n) is 8.72. The maximum absolute atomic E-state index is 2.47. The zero-order valence-electron chi connectivity index (χ0n) is 13.6. The van der Waals surface area contributed by atoms with Crippen LogP contribution in [-0.4, -0.2) is 0 Å². The van der Waals surface area contributed by atoms with Crippen LogP contribution in [0.4, 0.5) is 0 Å². The van der Waals surface area contributed by atoms with Gasteiger partial charge in [0.15, 0.2) is 0 Å². The van der Waals surface area contributed by atoms with Gasteiger partial charge in [-0.25, -0.2) is 0 Å². The van der Waals surface area contributed by atoms with Crippen LogP contribution in [0.25, 0.3) is 0 Å². The van der Waals surface area contributed by atoms with Crippen LogP contribution in [0.3, 0.4) is 0 Å². The molecule has 0 fully saturated rings. The van der Waals surface area contributed by atoms with Crippen molar-refractivity contribution in [2.45, 2.75) is 105 Å². The molecule has 0 heterocycles. The lowest BCUT2D eigenvalue weighted by Gasteiger charge is -2.19. The van der Waals surface area contributed by atoms with Crippen LogP contribution in [-0.2, 0) is 0 Å². The highest BCUT2D eigenvalue weighted by Crippen LogP contribution is 2.24. The number of hydrogen-bond acceptors (Lipinski definition) is 0. The van der Waals surface area contributed by atoms with Gasteiger partial charge in [-0.05, 0) is 11.8 Å². The summed E-state index contributed by atoms with van der Waals surface area (Å²) in [7, 11) is 0. The summed E-state index contributed by atoms with van der Waals surface area (Å²) in [5.41, 5.74) is 0. The van der Waals surface area contributed by atoms with Crippen molar-refractivity contribution < 1.29 is 0 Å². The van der Waals surface area contributed by atoms with Crippen LogP contribution in [0.2, 0.25) is 0 Å². The third kappa shape index (κ3) is 11.1. The summed E-state index contributed by atoms with van der Waals surface area (Å²) in [6, 6.07) is 0. The summed E-state index contributed by atoms with van der Waals surface area (Å²) >= 11 is 0. The molecule has 0 aliphatic heterocycles. The standard InChI is InChI=1S/C18H38/c1-5-7-9-11-13-15-17(3)18(4)16-14-12-10-8-6-2/h17-18H,5-16H2,1-4H3. The van der Waals surface area contributed by atoms with E-state index in [1.54, 1.807) is 0 Å². The van der Waals surface area contributed by atoms with E-state index < -0.39 is 0 Å². The van der Waals surface area contributed by atoms with Gasteiger partial charge >= 0.3 is 0 Å². The van der Waals surface area contributed by atoms with Gasteiger partial charge in [-0.15, -0.1) is 0 Å². The fourth-order valence-corrected chi connectivity index (χ4v) is 2.71. The minimum Gasteiger partial charge on any atom is -0.0654 e. The molecule has 0 aliphatic rings. The molecule has 2 atom stereocenters. The van der Waals surface area contributed by atoms with Gasteiger partial charge in [-0.1, -0.05) is 105 Å². The highest BCUT2D eigenvalue weighted by molar-refractivity contribution is 4.63. The summed E-state index contributed by atoms with van der Waals surface area (Å²) < 4.78 is 0. The third-order valence-electron chi connectivity index (χ3n) is 4.50. The maximum Gasteiger partial charge on any atom is -0.0417 e. The number of rotatable bonds is 13. The van der Waals surface area contributed by atoms with E-state index in [2.05, 4.69) is 27.7 Å². The lowest BCUT2D eigenvalue weighted by Crippen LogP contribution is -2.08. The van der Waals surface area contributed by atoms with Crippen molar-refractivity contribution in [3.63, 3.8) is 0 Å². The number of hydrogen-bond donors (Lipinski definition) is 0. The molecule has 0 aromatic rings. The molecule has 0 heteroatoms. The topological polar surface area (TPSA) is 0 Å². The predicted octanol–water partition coefficient (Wildman–Crippen LogP) is 6.98. The Hall–Kier alpha value is 0. The molecule has 0 bridgehead atoms. The Morgan fingerprint density at radius 3 is 1.17 bits per heavy atom. The van der Waals surface area contributed by atoms with Crippen molar-refractivity contribution in [3.05, 3.63) is 0 Å². The van der Waals surface area contributed by atoms with Crippen LogP contribution < -0.4 is 0 Å². The largest absolute Gasteiger partial charge is 0.0654 e. The molecule has 0 aromatic carbocycles. The van der Waals surface area contributed by atoms with Crippen molar-refractivity contribution in [2.24, 2.45) is 11.8 Å². The summed E-state index contributed by atoms with van der Waals surface area (Å²) in [6.07, 6.45) is 17.3. The second-order valence-corrected chi connectivity index (χ2v) is 6.36. The second kappa shape index (κ2) is 13.4. The molecule has 0 aliphatic carbocycles. The van der Waals surface area contributed by atoms with E-state index >= 15 is 0 Å². The van der Waals surface area contributed by atoms with Gasteiger partial charge in [-0.3, -0.25) is 0 Å². The smallest absolute Gasteiger partial charge is 0.0417 e. The van der Waals surface area contributed by atoms with Gasteiger partial charge in [-0.2, -0.15) is 0 Å². The Labute approximate surface area is 117 Å². The number of unbranched alkanes of at least 4 members (excludes halogenated alkanes) is 8. The highest BCUT2D eigenvalue weighted by Gasteiger charge is 2.11. The van der Waals surface area contributed by atoms with Crippen molar-refractivity contribution >= 4 is 0 Å². The lowest BCUT2D eigenvalue weighted by molar-refractivity contribution is 0.322. The minimum absolute atomic E-state index is 0.942. The van der Waals surface area contributed by atoms with Gasteiger partial charge in [0.05, 0.1) is 0 Å². The van der Waals surface area contributed by atoms with Crippen molar-refractivity contribution in [1.82, 2.24) is 0 Å². The molecule has 0 rings (SSSR count). The van der Waals surface area contributed by atoms with Gasteiger partial charge < -0.3 is 0 Å². The Morgan fingerprint density at radius 2 is 0.833 bits per heavy atom. The summed E-state index contributed by atoms with van der Waals surface area (Å²) in [6.45, 7) is 9.53. The molecule has 110 valence electrons. The van der Waals surface area contributed by atoms with E-state index in [-0.39, 0.29) is 0 Å². The van der Waals surface area contributed by atoms with Crippen molar-refractivity contribution in [1.29, 1.82) is 0 Å². The summed E-state index contributed by atoms with van der Waals surface area (Å²) in [5.74, 6) is 1.88. The van der Waals surface area contributed by atoms with Crippen LogP contribution in [0.5, 0.6) is 0 Å². The zero-order chi connectivity index (χ0) is 13.6. The first kappa shape index (κ1) is 18.0. The fraction of sp³-hybridized carbons (Fsp3) is 1.00. The normalized spacial score (nSPS) is 14.7. The Morgan fingerprint density at radius 1 is 0.500 bits per heavy atom. The van der Waals surface area contributed by atoms with Gasteiger partial charge in [0, 0.05) is 0 Å². The minimum atomic E-state index is 0.942. The monoisotopic (exact) mass is 254 g/mol. The van der Waals surface area contributed by atoms with E-state index in [0.29, 0.717) is 0 Å². The van der Waals surface area contributed by atoms with Gasteiger partial charge in [0.25, 0.3) is 0 Å². The quantitative estimate of drug-likeness (QED) is 0.311. The lowest BCUT2D eigenvalue weighted by atomic mass is 9.87. The molecule has 2 unspecified atom stereocenters. The fourth-order valence-electron chi connectivity index (χ4n) is 2.71. The maximum atomic E-state index is 2.47. The summed E-state index contributed by atoms with van der Waals surface area (Å²) in [4.78, 5) is 0. The molecule has 0 saturated carbocycles. The molecule has 0 nitrogen and oxygen atoms in total. The average Bonchev–Trinajstić information content (AvgIpc) is 2.37. The molecule has 0 spiro atoms. The van der Waals surface area contributed by atoms with E-state index in [9.17, 15) is 0 Å². The van der Waals surface area contributed by atoms with Crippen LogP contribution in [0.1, 0.15) is 105 Å². The zero-order valence-corrected chi connectivity index (χ0v) is 13.6. The highest BCUT2D eigenvalue weighted by atomic mass is 14.2. The molecular formula is C18H38. The van der Waals surface area contributed by atoms with Crippen LogP contribution in [0, 0.1) is 11.8 Å². The first-order chi connectivity index (χ1) is 8.72. The Bertz CT molecular complexity index is 132.